The van der Waals surface area contributed by atoms with Crippen molar-refractivity contribution in [2.45, 2.75) is 12.2 Å². The second-order valence-corrected chi connectivity index (χ2v) is 4.23. The van der Waals surface area contributed by atoms with Crippen LogP contribution in [0.5, 0.6) is 0 Å². The second-order valence-electron chi connectivity index (χ2n) is 3.55. The predicted octanol–water partition coefficient (Wildman–Crippen LogP) is -0.0587. The largest absolute Gasteiger partial charge is 0.338 e. The Morgan fingerprint density at radius 1 is 1.47 bits per heavy atom. The van der Waals surface area contributed by atoms with E-state index in [2.05, 4.69) is 27.6 Å². The van der Waals surface area contributed by atoms with Crippen molar-refractivity contribution in [3.8, 4) is 0 Å². The van der Waals surface area contributed by atoms with Crippen LogP contribution in [0.1, 0.15) is 0 Å². The molecule has 2 rings (SSSR count). The van der Waals surface area contributed by atoms with Gasteiger partial charge >= 0.3 is 6.03 Å². The van der Waals surface area contributed by atoms with Crippen LogP contribution >= 0.6 is 22.6 Å². The average molecular weight is 322 g/mol. The van der Waals surface area contributed by atoms with Crippen molar-refractivity contribution in [1.29, 1.82) is 0 Å². The van der Waals surface area contributed by atoms with Gasteiger partial charge in [-0.15, -0.1) is 0 Å². The highest BCUT2D eigenvalue weighted by Gasteiger charge is 2.47. The van der Waals surface area contributed by atoms with E-state index in [0.717, 1.165) is 4.90 Å². The van der Waals surface area contributed by atoms with Gasteiger partial charge < -0.3 is 9.80 Å². The molecule has 2 aliphatic heterocycles. The fourth-order valence-corrected chi connectivity index (χ4v) is 2.41. The molecule has 0 aromatic heterocycles. The van der Waals surface area contributed by atoms with Crippen LogP contribution in [-0.4, -0.2) is 63.8 Å². The van der Waals surface area contributed by atoms with Crippen molar-refractivity contribution in [2.75, 3.05) is 18.6 Å². The maximum atomic E-state index is 11.9. The molecule has 0 N–H and O–H groups in total. The Balaban J connectivity index is 2.32. The van der Waals surface area contributed by atoms with Gasteiger partial charge in [0.05, 0.1) is 10.9 Å². The van der Waals surface area contributed by atoms with Crippen LogP contribution in [0, 0.1) is 0 Å². The third-order valence-electron chi connectivity index (χ3n) is 2.71. The van der Waals surface area contributed by atoms with Gasteiger partial charge in [0, 0.05) is 14.1 Å². The molecule has 0 saturated carbocycles. The molecular weight excluding hydrogens is 311 g/mol. The summed E-state index contributed by atoms with van der Waals surface area (Å²) >= 11 is 2.17. The number of halogens is 1. The van der Waals surface area contributed by atoms with Gasteiger partial charge in [-0.05, 0) is 0 Å². The molecule has 0 aliphatic carbocycles. The highest BCUT2D eigenvalue weighted by atomic mass is 127. The lowest BCUT2D eigenvalue weighted by Gasteiger charge is -2.39. The minimum Gasteiger partial charge on any atom is -0.338 e. The zero-order valence-electron chi connectivity index (χ0n) is 8.42. The van der Waals surface area contributed by atoms with Gasteiger partial charge in [-0.25, -0.2) is 9.79 Å². The number of imide groups is 1. The van der Waals surface area contributed by atoms with E-state index >= 15 is 0 Å². The van der Waals surface area contributed by atoms with Crippen LogP contribution in [0.2, 0.25) is 0 Å². The molecule has 0 bridgehead atoms. The van der Waals surface area contributed by atoms with Gasteiger partial charge in [-0.2, -0.15) is 0 Å². The van der Waals surface area contributed by atoms with Gasteiger partial charge in [-0.1, -0.05) is 22.6 Å². The molecule has 2 atom stereocenters. The van der Waals surface area contributed by atoms with Gasteiger partial charge in [0.1, 0.15) is 0 Å². The monoisotopic (exact) mass is 322 g/mol. The zero-order valence-corrected chi connectivity index (χ0v) is 10.6. The Morgan fingerprint density at radius 2 is 2.13 bits per heavy atom. The molecule has 0 spiro atoms. The number of fused-ring (bicyclic) bond motifs is 1. The Kier molecular flexibility index (Phi) is 2.57. The molecule has 2 heterocycles. The molecule has 0 aromatic rings. The quantitative estimate of drug-likeness (QED) is 0.386. The molecule has 2 aliphatic rings. The average Bonchev–Trinajstić information content (AvgIpc) is 2.67. The predicted molar refractivity (Wildman–Crippen MR) is 62.7 cm³/mol. The van der Waals surface area contributed by atoms with Crippen molar-refractivity contribution in [3.63, 3.8) is 0 Å². The minimum atomic E-state index is -0.365. The number of urea groups is 1. The smallest absolute Gasteiger partial charge is 0.328 e. The molecule has 1 fully saturated rings. The second kappa shape index (κ2) is 3.62. The lowest BCUT2D eigenvalue weighted by Crippen LogP contribution is -2.63. The fourth-order valence-electron chi connectivity index (χ4n) is 1.81. The maximum absolute atomic E-state index is 11.9. The van der Waals surface area contributed by atoms with Gasteiger partial charge in [0.2, 0.25) is 0 Å². The fraction of sp³-hybridized carbons (Fsp3) is 0.625. The SMILES string of the molecule is CN1C(=O)C2C(N=CN2CI)N(C)C1=O. The standard InChI is InChI=1S/C8H11IN4O2/c1-11-6-5(13(3-9)4-10-6)7(14)12(2)8(11)15/h4-6H,3H2,1-2H3. The maximum Gasteiger partial charge on any atom is 0.328 e. The molecule has 6 nitrogen and oxygen atoms in total. The van der Waals surface area contributed by atoms with E-state index in [0.29, 0.717) is 4.55 Å². The van der Waals surface area contributed by atoms with E-state index in [1.807, 2.05) is 4.90 Å². The Morgan fingerprint density at radius 3 is 2.73 bits per heavy atom. The number of alkyl halides is 1. The molecule has 1 saturated heterocycles. The van der Waals surface area contributed by atoms with Crippen LogP contribution in [-0.2, 0) is 4.79 Å². The Labute approximate surface area is 101 Å². The Bertz CT molecular complexity index is 346. The number of carbonyl (C=O) groups excluding carboxylic acids is 2. The summed E-state index contributed by atoms with van der Waals surface area (Å²) in [6, 6.07) is -0.650. The topological polar surface area (TPSA) is 56.2 Å². The van der Waals surface area contributed by atoms with E-state index < -0.39 is 0 Å². The summed E-state index contributed by atoms with van der Waals surface area (Å²) < 4.78 is 0.685. The van der Waals surface area contributed by atoms with E-state index in [-0.39, 0.29) is 24.1 Å². The van der Waals surface area contributed by atoms with Gasteiger partial charge in [-0.3, -0.25) is 9.69 Å². The summed E-state index contributed by atoms with van der Waals surface area (Å²) in [6.07, 6.45) is 1.28. The number of aliphatic imine (C=N–C) groups is 1. The molecule has 15 heavy (non-hydrogen) atoms. The van der Waals surface area contributed by atoms with Gasteiger partial charge in [0.15, 0.2) is 12.2 Å². The van der Waals surface area contributed by atoms with Gasteiger partial charge in [0.25, 0.3) is 5.91 Å². The molecule has 0 radical (unpaired) electrons. The molecule has 0 aromatic carbocycles. The first kappa shape index (κ1) is 10.7. The summed E-state index contributed by atoms with van der Waals surface area (Å²) in [5.74, 6) is -0.183. The molecule has 2 unspecified atom stereocenters. The van der Waals surface area contributed by atoms with E-state index in [1.165, 1.54) is 11.9 Å². The normalized spacial score (nSPS) is 30.2. The van der Waals surface area contributed by atoms with Crippen LogP contribution in [0.3, 0.4) is 0 Å². The van der Waals surface area contributed by atoms with Crippen LogP contribution < -0.4 is 0 Å². The number of rotatable bonds is 1. The summed E-state index contributed by atoms with van der Waals surface area (Å²) in [7, 11) is 3.16. The zero-order chi connectivity index (χ0) is 11.2. The number of hydrogen-bond acceptors (Lipinski definition) is 4. The Hall–Kier alpha value is -0.860. The first-order valence-electron chi connectivity index (χ1n) is 4.47. The van der Waals surface area contributed by atoms with Crippen LogP contribution in [0.25, 0.3) is 0 Å². The van der Waals surface area contributed by atoms with Crippen LogP contribution in [0.15, 0.2) is 4.99 Å². The summed E-state index contributed by atoms with van der Waals surface area (Å²) in [5.41, 5.74) is 0. The van der Waals surface area contributed by atoms with Crippen molar-refractivity contribution in [1.82, 2.24) is 14.7 Å². The lowest BCUT2D eigenvalue weighted by atomic mass is 10.1. The summed E-state index contributed by atoms with van der Waals surface area (Å²) in [6.45, 7) is 0. The summed E-state index contributed by atoms with van der Waals surface area (Å²) in [5, 5.41) is 0. The highest BCUT2D eigenvalue weighted by Crippen LogP contribution is 2.24. The number of carbonyl (C=O) groups is 2. The number of likely N-dealkylation sites (N-methyl/N-ethyl adjacent to an activating group) is 2. The molecule has 82 valence electrons. The molecular formula is C8H11IN4O2. The van der Waals surface area contributed by atoms with Crippen molar-refractivity contribution >= 4 is 40.9 Å². The summed E-state index contributed by atoms with van der Waals surface area (Å²) in [4.78, 5) is 32.2. The third kappa shape index (κ3) is 1.40. The molecule has 3 amide bonds. The molecule has 7 heteroatoms. The number of nitrogens with zero attached hydrogens (tertiary/aromatic N) is 4. The third-order valence-corrected chi connectivity index (χ3v) is 3.50. The van der Waals surface area contributed by atoms with Crippen LogP contribution in [0.4, 0.5) is 4.79 Å². The van der Waals surface area contributed by atoms with E-state index in [1.54, 1.807) is 13.4 Å². The first-order chi connectivity index (χ1) is 7.07. The van der Waals surface area contributed by atoms with Crippen molar-refractivity contribution < 1.29 is 9.59 Å². The van der Waals surface area contributed by atoms with E-state index in [4.69, 9.17) is 0 Å². The first-order valence-corrected chi connectivity index (χ1v) is 6.00. The minimum absolute atomic E-state index is 0.183. The lowest BCUT2D eigenvalue weighted by molar-refractivity contribution is -0.135. The van der Waals surface area contributed by atoms with Crippen molar-refractivity contribution in [2.24, 2.45) is 4.99 Å². The van der Waals surface area contributed by atoms with E-state index in [9.17, 15) is 9.59 Å². The van der Waals surface area contributed by atoms with Crippen molar-refractivity contribution in [3.05, 3.63) is 0 Å². The number of amides is 3. The number of hydrogen-bond donors (Lipinski definition) is 0. The highest BCUT2D eigenvalue weighted by molar-refractivity contribution is 14.1.